The normalized spacial score (nSPS) is 14.2. The lowest BCUT2D eigenvalue weighted by Crippen LogP contribution is -2.43. The van der Waals surface area contributed by atoms with Gasteiger partial charge >= 0.3 is 6.09 Å². The molecule has 1 aliphatic rings. The number of nitrogens with one attached hydrogen (secondary N) is 1. The van der Waals surface area contributed by atoms with Crippen molar-refractivity contribution in [2.45, 2.75) is 45.9 Å². The van der Waals surface area contributed by atoms with Gasteiger partial charge in [-0.3, -0.25) is 9.13 Å². The van der Waals surface area contributed by atoms with Gasteiger partial charge in [-0.05, 0) is 53.9 Å². The van der Waals surface area contributed by atoms with Crippen molar-refractivity contribution < 1.29 is 9.53 Å². The third-order valence-corrected chi connectivity index (χ3v) is 5.58. The summed E-state index contributed by atoms with van der Waals surface area (Å²) in [6.07, 6.45) is 0.116. The molecule has 0 fully saturated rings. The van der Waals surface area contributed by atoms with E-state index < -0.39 is 11.7 Å². The molecule has 0 spiro atoms. The van der Waals surface area contributed by atoms with E-state index in [0.717, 1.165) is 11.3 Å². The topological polar surface area (TPSA) is 76.5 Å². The Morgan fingerprint density at radius 2 is 2.00 bits per heavy atom. The van der Waals surface area contributed by atoms with E-state index in [4.69, 9.17) is 21.3 Å². The highest BCUT2D eigenvalue weighted by molar-refractivity contribution is 7.35. The number of rotatable bonds is 4. The van der Waals surface area contributed by atoms with Gasteiger partial charge in [-0.2, -0.15) is 0 Å². The van der Waals surface area contributed by atoms with Crippen molar-refractivity contribution in [2.24, 2.45) is 0 Å². The lowest BCUT2D eigenvalue weighted by molar-refractivity contribution is 0.0221. The quantitative estimate of drug-likeness (QED) is 0.736. The lowest BCUT2D eigenvalue weighted by atomic mass is 10.1. The molecule has 1 unspecified atom stereocenters. The number of fused-ring (bicyclic) bond motifs is 1. The van der Waals surface area contributed by atoms with Crippen molar-refractivity contribution in [2.75, 3.05) is 18.5 Å². The van der Waals surface area contributed by atoms with E-state index >= 15 is 0 Å². The monoisotopic (exact) mass is 436 g/mol. The fourth-order valence-corrected chi connectivity index (χ4v) is 3.87. The van der Waals surface area contributed by atoms with Crippen LogP contribution in [-0.4, -0.2) is 39.1 Å². The van der Waals surface area contributed by atoms with Crippen LogP contribution in [0.4, 0.5) is 10.7 Å². The third-order valence-electron chi connectivity index (χ3n) is 4.47. The molecule has 9 heteroatoms. The number of carbonyl (C=O) groups is 1. The summed E-state index contributed by atoms with van der Waals surface area (Å²) in [5.74, 6) is 0.551. The van der Waals surface area contributed by atoms with Crippen LogP contribution in [0, 0.1) is 0 Å². The van der Waals surface area contributed by atoms with Gasteiger partial charge in [-0.1, -0.05) is 23.7 Å². The first kappa shape index (κ1) is 21.6. The predicted octanol–water partition coefficient (Wildman–Crippen LogP) is 3.87. The highest BCUT2D eigenvalue weighted by atomic mass is 35.5. The summed E-state index contributed by atoms with van der Waals surface area (Å²) in [5, 5.41) is 3.95. The Bertz CT molecular complexity index is 954. The molecule has 2 aromatic rings. The molecule has 1 aromatic heterocycles. The molecular formula is C20H26ClN4O3P. The van der Waals surface area contributed by atoms with Crippen LogP contribution in [0.1, 0.15) is 37.6 Å². The van der Waals surface area contributed by atoms with Gasteiger partial charge in [0.1, 0.15) is 5.60 Å². The molecule has 1 aromatic carbocycles. The molecule has 0 bridgehead atoms. The van der Waals surface area contributed by atoms with Crippen molar-refractivity contribution in [3.63, 3.8) is 0 Å². The largest absolute Gasteiger partial charge is 0.444 e. The maximum atomic E-state index is 13.1. The molecule has 1 N–H and O–H groups in total. The molecule has 0 radical (unpaired) electrons. The van der Waals surface area contributed by atoms with Crippen molar-refractivity contribution >= 4 is 32.4 Å². The summed E-state index contributed by atoms with van der Waals surface area (Å²) in [6, 6.07) is 7.53. The van der Waals surface area contributed by atoms with Gasteiger partial charge in [0.2, 0.25) is 5.95 Å². The smallest absolute Gasteiger partial charge is 0.410 e. The highest BCUT2D eigenvalue weighted by Crippen LogP contribution is 2.22. The Kier molecular flexibility index (Phi) is 6.49. The zero-order valence-corrected chi connectivity index (χ0v) is 18.8. The fourth-order valence-electron chi connectivity index (χ4n) is 3.07. The molecule has 2 heterocycles. The Morgan fingerprint density at radius 1 is 1.31 bits per heavy atom. The number of hydrogen-bond donors (Lipinski definition) is 1. The van der Waals surface area contributed by atoms with Crippen molar-refractivity contribution in [3.8, 4) is 0 Å². The molecule has 3 rings (SSSR count). The minimum Gasteiger partial charge on any atom is -0.444 e. The second-order valence-electron chi connectivity index (χ2n) is 7.86. The van der Waals surface area contributed by atoms with Crippen LogP contribution in [-0.2, 0) is 24.2 Å². The number of benzene rings is 1. The van der Waals surface area contributed by atoms with Crippen LogP contribution in [0.15, 0.2) is 29.1 Å². The number of halogens is 1. The number of hydrogen-bond acceptors (Lipinski definition) is 5. The van der Waals surface area contributed by atoms with E-state index in [1.165, 1.54) is 0 Å². The maximum absolute atomic E-state index is 13.1. The summed E-state index contributed by atoms with van der Waals surface area (Å²) in [4.78, 5) is 31.7. The molecule has 0 saturated carbocycles. The second kappa shape index (κ2) is 8.72. The Hall–Kier alpha value is -2.11. The molecule has 1 aliphatic heterocycles. The summed E-state index contributed by atoms with van der Waals surface area (Å²) >= 11 is 5.93. The van der Waals surface area contributed by atoms with E-state index in [0.29, 0.717) is 36.0 Å². The van der Waals surface area contributed by atoms with Gasteiger partial charge in [-0.25, -0.2) is 9.78 Å². The van der Waals surface area contributed by atoms with Crippen LogP contribution in [0.5, 0.6) is 0 Å². The predicted molar refractivity (Wildman–Crippen MR) is 117 cm³/mol. The van der Waals surface area contributed by atoms with Gasteiger partial charge in [0, 0.05) is 24.5 Å². The molecule has 1 amide bonds. The summed E-state index contributed by atoms with van der Waals surface area (Å²) in [7, 11) is 0.216. The number of nitrogens with zero attached hydrogens (tertiary/aromatic N) is 3. The van der Waals surface area contributed by atoms with Crippen LogP contribution < -0.4 is 10.9 Å². The molecule has 156 valence electrons. The first-order valence-electron chi connectivity index (χ1n) is 9.47. The van der Waals surface area contributed by atoms with Crippen LogP contribution >= 0.6 is 20.3 Å². The molecule has 7 nitrogen and oxygen atoms in total. The van der Waals surface area contributed by atoms with Gasteiger partial charge < -0.3 is 15.0 Å². The number of amides is 1. The van der Waals surface area contributed by atoms with E-state index in [1.54, 1.807) is 9.24 Å². The number of carbonyl (C=O) groups excluding carboxylic acids is 1. The van der Waals surface area contributed by atoms with Crippen LogP contribution in [0.25, 0.3) is 0 Å². The number of ether oxygens (including phenoxy) is 1. The maximum Gasteiger partial charge on any atom is 0.410 e. The standard InChI is InChI=1S/C20H26ClN4O3P/c1-20(2,3)28-19(27)24-10-9-16-15(12-24)17(26)25(29-4)18(23-16)22-11-13-5-7-14(21)8-6-13/h5-8,29H,9-12H2,1-4H3,(H,22,23). The minimum absolute atomic E-state index is 0.109. The van der Waals surface area contributed by atoms with Gasteiger partial charge in [-0.15, -0.1) is 0 Å². The lowest BCUT2D eigenvalue weighted by Gasteiger charge is -2.31. The number of aromatic nitrogens is 2. The molecule has 0 saturated heterocycles. The minimum atomic E-state index is -0.573. The third kappa shape index (κ3) is 5.28. The van der Waals surface area contributed by atoms with Gasteiger partial charge in [0.15, 0.2) is 0 Å². The van der Waals surface area contributed by atoms with E-state index in [-0.39, 0.29) is 20.8 Å². The van der Waals surface area contributed by atoms with Crippen LogP contribution in [0.2, 0.25) is 5.02 Å². The molecule has 1 atom stereocenters. The second-order valence-corrected chi connectivity index (χ2v) is 9.19. The molecule has 29 heavy (non-hydrogen) atoms. The fraction of sp³-hybridized carbons (Fsp3) is 0.450. The average Bonchev–Trinajstić information content (AvgIpc) is 2.66. The van der Waals surface area contributed by atoms with Crippen molar-refractivity contribution in [3.05, 3.63) is 56.5 Å². The first-order valence-corrected chi connectivity index (χ1v) is 11.3. The SMILES string of the molecule is CPn1c(NCc2ccc(Cl)cc2)nc2c(c1=O)CN(C(=O)OC(C)(C)C)CC2. The zero-order chi connectivity index (χ0) is 21.2. The Balaban J connectivity index is 1.81. The van der Waals surface area contributed by atoms with E-state index in [9.17, 15) is 9.59 Å². The van der Waals surface area contributed by atoms with Crippen molar-refractivity contribution in [1.82, 2.24) is 14.2 Å². The van der Waals surface area contributed by atoms with Crippen molar-refractivity contribution in [1.29, 1.82) is 0 Å². The summed E-state index contributed by atoms with van der Waals surface area (Å²) in [5.41, 5.74) is 1.67. The number of anilines is 1. The molecule has 0 aliphatic carbocycles. The average molecular weight is 437 g/mol. The Morgan fingerprint density at radius 3 is 2.62 bits per heavy atom. The highest BCUT2D eigenvalue weighted by Gasteiger charge is 2.29. The summed E-state index contributed by atoms with van der Waals surface area (Å²) < 4.78 is 7.08. The zero-order valence-electron chi connectivity index (χ0n) is 17.1. The summed E-state index contributed by atoms with van der Waals surface area (Å²) in [6.45, 7) is 8.65. The van der Waals surface area contributed by atoms with Gasteiger partial charge in [0.25, 0.3) is 5.56 Å². The van der Waals surface area contributed by atoms with Gasteiger partial charge in [0.05, 0.1) is 17.8 Å². The van der Waals surface area contributed by atoms with E-state index in [1.807, 2.05) is 51.7 Å². The van der Waals surface area contributed by atoms with Crippen LogP contribution in [0.3, 0.4) is 0 Å². The molecular weight excluding hydrogens is 411 g/mol. The van der Waals surface area contributed by atoms with E-state index in [2.05, 4.69) is 5.32 Å². The first-order chi connectivity index (χ1) is 13.7. The Labute approximate surface area is 177 Å².